The predicted octanol–water partition coefficient (Wildman–Crippen LogP) is 2.33. The van der Waals surface area contributed by atoms with Crippen molar-refractivity contribution in [3.8, 4) is 5.69 Å². The molecule has 22 heavy (non-hydrogen) atoms. The van der Waals surface area contributed by atoms with E-state index in [1.807, 2.05) is 48.3 Å². The quantitative estimate of drug-likeness (QED) is 0.898. The number of nitrogens with zero attached hydrogens (tertiary/aromatic N) is 2. The van der Waals surface area contributed by atoms with Gasteiger partial charge in [-0.25, -0.2) is 4.68 Å². The molecule has 1 amide bonds. The van der Waals surface area contributed by atoms with E-state index in [-0.39, 0.29) is 24.4 Å². The lowest BCUT2D eigenvalue weighted by Crippen LogP contribution is -2.39. The monoisotopic (exact) mass is 338 g/mol. The minimum absolute atomic E-state index is 0. The summed E-state index contributed by atoms with van der Waals surface area (Å²) in [6, 6.07) is 10.1. The molecule has 1 fully saturated rings. The van der Waals surface area contributed by atoms with Gasteiger partial charge < -0.3 is 10.6 Å². The predicted molar refractivity (Wildman–Crippen MR) is 93.2 cm³/mol. The second-order valence-electron chi connectivity index (χ2n) is 4.99. The standard InChI is InChI=1S/C15H18N4OS.ClH/c20-15(8-12-11-21-7-6-16-12)18-13-9-17-19(10-13)14-4-2-1-3-5-14;/h1-5,9-10,12,16H,6-8,11H2,(H,18,20);1H. The molecule has 2 heterocycles. The van der Waals surface area contributed by atoms with Crippen LogP contribution in [0.4, 0.5) is 5.69 Å². The normalized spacial score (nSPS) is 17.5. The van der Waals surface area contributed by atoms with Gasteiger partial charge in [0.25, 0.3) is 0 Å². The number of thioether (sulfide) groups is 1. The lowest BCUT2D eigenvalue weighted by Gasteiger charge is -2.22. The summed E-state index contributed by atoms with van der Waals surface area (Å²) in [5.41, 5.74) is 1.70. The van der Waals surface area contributed by atoms with Crippen molar-refractivity contribution in [2.24, 2.45) is 0 Å². The van der Waals surface area contributed by atoms with E-state index < -0.39 is 0 Å². The van der Waals surface area contributed by atoms with Crippen LogP contribution in [0, 0.1) is 0 Å². The van der Waals surface area contributed by atoms with Gasteiger partial charge in [-0.3, -0.25) is 4.79 Å². The summed E-state index contributed by atoms with van der Waals surface area (Å²) in [5, 5.41) is 10.5. The van der Waals surface area contributed by atoms with E-state index in [0.29, 0.717) is 6.42 Å². The van der Waals surface area contributed by atoms with Crippen LogP contribution in [-0.2, 0) is 4.79 Å². The Labute approximate surface area is 140 Å². The number of benzene rings is 1. The number of amides is 1. The zero-order chi connectivity index (χ0) is 14.5. The molecule has 0 saturated carbocycles. The van der Waals surface area contributed by atoms with Gasteiger partial charge in [-0.15, -0.1) is 12.4 Å². The van der Waals surface area contributed by atoms with Gasteiger partial charge in [0.05, 0.1) is 23.8 Å². The highest BCUT2D eigenvalue weighted by Crippen LogP contribution is 2.14. The van der Waals surface area contributed by atoms with Crippen molar-refractivity contribution < 1.29 is 4.79 Å². The van der Waals surface area contributed by atoms with E-state index in [4.69, 9.17) is 0 Å². The number of rotatable bonds is 4. The number of hydrogen-bond acceptors (Lipinski definition) is 4. The minimum Gasteiger partial charge on any atom is -0.323 e. The molecule has 1 unspecified atom stereocenters. The van der Waals surface area contributed by atoms with E-state index in [9.17, 15) is 4.79 Å². The maximum atomic E-state index is 12.0. The van der Waals surface area contributed by atoms with Crippen molar-refractivity contribution in [3.63, 3.8) is 0 Å². The Morgan fingerprint density at radius 2 is 2.23 bits per heavy atom. The first-order chi connectivity index (χ1) is 10.3. The molecule has 0 aliphatic carbocycles. The van der Waals surface area contributed by atoms with Crippen LogP contribution in [-0.4, -0.2) is 39.8 Å². The zero-order valence-corrected chi connectivity index (χ0v) is 13.7. The maximum Gasteiger partial charge on any atom is 0.226 e. The third-order valence-corrected chi connectivity index (χ3v) is 4.45. The topological polar surface area (TPSA) is 59.0 Å². The fourth-order valence-corrected chi connectivity index (χ4v) is 3.25. The molecule has 1 saturated heterocycles. The Kier molecular flexibility index (Phi) is 6.30. The number of hydrogen-bond donors (Lipinski definition) is 2. The molecule has 1 aromatic heterocycles. The van der Waals surface area contributed by atoms with Gasteiger partial charge in [0.2, 0.25) is 5.91 Å². The van der Waals surface area contributed by atoms with Crippen molar-refractivity contribution in [2.45, 2.75) is 12.5 Å². The summed E-state index contributed by atoms with van der Waals surface area (Å²) in [5.74, 6) is 2.15. The van der Waals surface area contributed by atoms with Gasteiger partial charge in [-0.05, 0) is 12.1 Å². The third kappa shape index (κ3) is 4.50. The zero-order valence-electron chi connectivity index (χ0n) is 12.1. The number of para-hydroxylation sites is 1. The van der Waals surface area contributed by atoms with Gasteiger partial charge in [-0.2, -0.15) is 16.9 Å². The number of carbonyl (C=O) groups excluding carboxylic acids is 1. The summed E-state index contributed by atoms with van der Waals surface area (Å²) in [6.07, 6.45) is 4.01. The first-order valence-electron chi connectivity index (χ1n) is 7.02. The van der Waals surface area contributed by atoms with Gasteiger partial charge >= 0.3 is 0 Å². The lowest BCUT2D eigenvalue weighted by molar-refractivity contribution is -0.116. The van der Waals surface area contributed by atoms with E-state index in [2.05, 4.69) is 15.7 Å². The molecular formula is C15H19ClN4OS. The van der Waals surface area contributed by atoms with Crippen LogP contribution < -0.4 is 10.6 Å². The maximum absolute atomic E-state index is 12.0. The van der Waals surface area contributed by atoms with Crippen LogP contribution >= 0.6 is 24.2 Å². The van der Waals surface area contributed by atoms with Crippen LogP contribution in [0.15, 0.2) is 42.7 Å². The second kappa shape index (κ2) is 8.22. The summed E-state index contributed by atoms with van der Waals surface area (Å²) in [7, 11) is 0. The van der Waals surface area contributed by atoms with Gasteiger partial charge in [0, 0.05) is 30.5 Å². The number of anilines is 1. The fourth-order valence-electron chi connectivity index (χ4n) is 2.30. The Morgan fingerprint density at radius 1 is 1.41 bits per heavy atom. The van der Waals surface area contributed by atoms with Crippen molar-refractivity contribution in [1.29, 1.82) is 0 Å². The number of aromatic nitrogens is 2. The summed E-state index contributed by atoms with van der Waals surface area (Å²) < 4.78 is 1.75. The van der Waals surface area contributed by atoms with E-state index in [0.717, 1.165) is 29.4 Å². The number of nitrogens with one attached hydrogen (secondary N) is 2. The Balaban J connectivity index is 0.00000176. The summed E-state index contributed by atoms with van der Waals surface area (Å²) in [6.45, 7) is 0.981. The Bertz CT molecular complexity index is 599. The molecule has 0 bridgehead atoms. The highest BCUT2D eigenvalue weighted by Gasteiger charge is 2.17. The Hall–Kier alpha value is -1.50. The van der Waals surface area contributed by atoms with Crippen LogP contribution in [0.25, 0.3) is 5.69 Å². The van der Waals surface area contributed by atoms with Crippen molar-refractivity contribution >= 4 is 35.8 Å². The second-order valence-corrected chi connectivity index (χ2v) is 6.14. The average molecular weight is 339 g/mol. The molecular weight excluding hydrogens is 320 g/mol. The Morgan fingerprint density at radius 3 is 2.95 bits per heavy atom. The molecule has 2 aromatic rings. The van der Waals surface area contributed by atoms with Crippen molar-refractivity contribution in [2.75, 3.05) is 23.4 Å². The van der Waals surface area contributed by atoms with Crippen LogP contribution in [0.2, 0.25) is 0 Å². The molecule has 1 atom stereocenters. The highest BCUT2D eigenvalue weighted by molar-refractivity contribution is 7.99. The molecule has 0 spiro atoms. The number of halogens is 1. The van der Waals surface area contributed by atoms with Crippen molar-refractivity contribution in [3.05, 3.63) is 42.7 Å². The first-order valence-corrected chi connectivity index (χ1v) is 8.18. The molecule has 118 valence electrons. The molecule has 7 heteroatoms. The minimum atomic E-state index is 0. The molecule has 3 rings (SSSR count). The van der Waals surface area contributed by atoms with Gasteiger partial charge in [0.1, 0.15) is 0 Å². The van der Waals surface area contributed by atoms with Crippen molar-refractivity contribution in [1.82, 2.24) is 15.1 Å². The third-order valence-electron chi connectivity index (χ3n) is 3.32. The highest BCUT2D eigenvalue weighted by atomic mass is 35.5. The molecule has 5 nitrogen and oxygen atoms in total. The summed E-state index contributed by atoms with van der Waals surface area (Å²) in [4.78, 5) is 12.0. The summed E-state index contributed by atoms with van der Waals surface area (Å²) >= 11 is 1.89. The van der Waals surface area contributed by atoms with Crippen LogP contribution in [0.5, 0.6) is 0 Å². The van der Waals surface area contributed by atoms with Gasteiger partial charge in [-0.1, -0.05) is 18.2 Å². The van der Waals surface area contributed by atoms with Gasteiger partial charge in [0.15, 0.2) is 0 Å². The van der Waals surface area contributed by atoms with E-state index in [1.54, 1.807) is 10.9 Å². The van der Waals surface area contributed by atoms with Crippen LogP contribution in [0.1, 0.15) is 6.42 Å². The fraction of sp³-hybridized carbons (Fsp3) is 0.333. The molecule has 1 aromatic carbocycles. The molecule has 2 N–H and O–H groups in total. The SMILES string of the molecule is Cl.O=C(CC1CSCCN1)Nc1cnn(-c2ccccc2)c1. The van der Waals surface area contributed by atoms with Crippen LogP contribution in [0.3, 0.4) is 0 Å². The van der Waals surface area contributed by atoms with E-state index in [1.165, 1.54) is 0 Å². The molecule has 0 radical (unpaired) electrons. The molecule has 1 aliphatic heterocycles. The number of carbonyl (C=O) groups is 1. The lowest BCUT2D eigenvalue weighted by atomic mass is 10.2. The largest absolute Gasteiger partial charge is 0.323 e. The van der Waals surface area contributed by atoms with E-state index >= 15 is 0 Å². The smallest absolute Gasteiger partial charge is 0.226 e. The molecule has 1 aliphatic rings. The first kappa shape index (κ1) is 16.9. The average Bonchev–Trinajstić information content (AvgIpc) is 2.97.